The fourth-order valence-corrected chi connectivity index (χ4v) is 4.65. The van der Waals surface area contributed by atoms with Crippen LogP contribution >= 0.6 is 11.3 Å². The average molecular weight is 356 g/mol. The maximum atomic E-state index is 12.5. The number of hydrogen-bond donors (Lipinski definition) is 0. The summed E-state index contributed by atoms with van der Waals surface area (Å²) in [6.45, 7) is 2.98. The van der Waals surface area contributed by atoms with Crippen LogP contribution in [0, 0.1) is 0 Å². The van der Waals surface area contributed by atoms with E-state index in [2.05, 4.69) is 37.3 Å². The van der Waals surface area contributed by atoms with Crippen molar-refractivity contribution in [3.63, 3.8) is 0 Å². The molecule has 0 N–H and O–H groups in total. The molecular weight excluding hydrogens is 326 g/mol. The Hall–Kier alpha value is -1.61. The second kappa shape index (κ2) is 8.66. The molecule has 0 unspecified atom stereocenters. The Morgan fingerprint density at radius 1 is 1.08 bits per heavy atom. The van der Waals surface area contributed by atoms with Gasteiger partial charge in [0.25, 0.3) is 5.91 Å². The smallest absolute Gasteiger partial charge is 0.263 e. The number of thiophene rings is 1. The van der Waals surface area contributed by atoms with Gasteiger partial charge in [0, 0.05) is 18.5 Å². The number of nitrogens with zero attached hydrogens (tertiary/aromatic N) is 1. The molecule has 1 fully saturated rings. The Bertz CT molecular complexity index is 682. The monoisotopic (exact) mass is 355 g/mol. The molecule has 1 aliphatic carbocycles. The molecule has 0 atom stereocenters. The molecule has 0 saturated heterocycles. The fraction of sp³-hybridized carbons (Fsp3) is 0.500. The molecule has 1 aliphatic rings. The van der Waals surface area contributed by atoms with E-state index in [1.54, 1.807) is 11.3 Å². The molecule has 0 spiro atoms. The molecule has 1 aromatic heterocycles. The van der Waals surface area contributed by atoms with E-state index in [1.807, 2.05) is 18.0 Å². The van der Waals surface area contributed by atoms with Crippen molar-refractivity contribution in [1.82, 2.24) is 4.90 Å². The lowest BCUT2D eigenvalue weighted by Crippen LogP contribution is -2.26. The number of carbonyl (C=O) groups is 1. The van der Waals surface area contributed by atoms with Crippen molar-refractivity contribution in [2.45, 2.75) is 57.8 Å². The topological polar surface area (TPSA) is 20.3 Å². The molecule has 3 heteroatoms. The molecule has 134 valence electrons. The minimum Gasteiger partial charge on any atom is -0.341 e. The van der Waals surface area contributed by atoms with Crippen LogP contribution in [0.4, 0.5) is 0 Å². The van der Waals surface area contributed by atoms with Gasteiger partial charge in [0.1, 0.15) is 0 Å². The zero-order valence-corrected chi connectivity index (χ0v) is 16.3. The molecule has 1 aromatic carbocycles. The van der Waals surface area contributed by atoms with Crippen LogP contribution in [-0.4, -0.2) is 24.4 Å². The van der Waals surface area contributed by atoms with Gasteiger partial charge in [-0.05, 0) is 48.4 Å². The van der Waals surface area contributed by atoms with Crippen LogP contribution in [0.3, 0.4) is 0 Å². The highest BCUT2D eigenvalue weighted by Gasteiger charge is 2.17. The maximum Gasteiger partial charge on any atom is 0.263 e. The van der Waals surface area contributed by atoms with E-state index < -0.39 is 0 Å². The van der Waals surface area contributed by atoms with Crippen molar-refractivity contribution in [3.8, 4) is 10.4 Å². The van der Waals surface area contributed by atoms with Crippen molar-refractivity contribution in [2.75, 3.05) is 13.6 Å². The van der Waals surface area contributed by atoms with Crippen LogP contribution in [0.25, 0.3) is 10.4 Å². The van der Waals surface area contributed by atoms with Gasteiger partial charge in [0.15, 0.2) is 0 Å². The minimum atomic E-state index is 0.142. The normalized spacial score (nSPS) is 15.3. The first kappa shape index (κ1) is 18.2. The van der Waals surface area contributed by atoms with Crippen molar-refractivity contribution >= 4 is 17.2 Å². The predicted octanol–water partition coefficient (Wildman–Crippen LogP) is 6.33. The molecule has 3 rings (SSSR count). The van der Waals surface area contributed by atoms with Gasteiger partial charge in [-0.1, -0.05) is 56.9 Å². The highest BCUT2D eigenvalue weighted by Crippen LogP contribution is 2.35. The summed E-state index contributed by atoms with van der Waals surface area (Å²) in [5.41, 5.74) is 2.70. The summed E-state index contributed by atoms with van der Waals surface area (Å²) in [7, 11) is 1.90. The molecule has 0 radical (unpaired) electrons. The highest BCUT2D eigenvalue weighted by atomic mass is 32.1. The maximum absolute atomic E-state index is 12.5. The minimum absolute atomic E-state index is 0.142. The summed E-state index contributed by atoms with van der Waals surface area (Å²) in [5, 5.41) is 0. The van der Waals surface area contributed by atoms with Crippen molar-refractivity contribution in [2.24, 2.45) is 0 Å². The van der Waals surface area contributed by atoms with E-state index in [0.29, 0.717) is 0 Å². The Labute approximate surface area is 155 Å². The second-order valence-electron chi connectivity index (χ2n) is 7.20. The molecule has 2 nitrogen and oxygen atoms in total. The van der Waals surface area contributed by atoms with E-state index in [9.17, 15) is 4.79 Å². The summed E-state index contributed by atoms with van der Waals surface area (Å²) >= 11 is 1.61. The quantitative estimate of drug-likeness (QED) is 0.592. The van der Waals surface area contributed by atoms with Crippen molar-refractivity contribution in [1.29, 1.82) is 0 Å². The molecule has 1 amide bonds. The van der Waals surface area contributed by atoms with Crippen LogP contribution in [0.2, 0.25) is 0 Å². The van der Waals surface area contributed by atoms with Gasteiger partial charge in [-0.3, -0.25) is 4.79 Å². The second-order valence-corrected chi connectivity index (χ2v) is 8.28. The number of unbranched alkanes of at least 4 members (excludes halogenated alkanes) is 1. The fourth-order valence-electron chi connectivity index (χ4n) is 3.65. The largest absolute Gasteiger partial charge is 0.341 e. The first-order valence-corrected chi connectivity index (χ1v) is 10.5. The van der Waals surface area contributed by atoms with Gasteiger partial charge in [-0.15, -0.1) is 11.3 Å². The molecular formula is C22H29NOS. The van der Waals surface area contributed by atoms with Crippen LogP contribution in [0.15, 0.2) is 36.4 Å². The Morgan fingerprint density at radius 2 is 1.80 bits per heavy atom. The third-order valence-corrected chi connectivity index (χ3v) is 6.40. The van der Waals surface area contributed by atoms with E-state index in [4.69, 9.17) is 0 Å². The molecule has 1 heterocycles. The lowest BCUT2D eigenvalue weighted by molar-refractivity contribution is 0.0798. The summed E-state index contributed by atoms with van der Waals surface area (Å²) in [4.78, 5) is 16.4. The molecule has 0 aliphatic heterocycles. The zero-order chi connectivity index (χ0) is 17.6. The van der Waals surface area contributed by atoms with Crippen molar-refractivity contribution in [3.05, 3.63) is 46.8 Å². The third kappa shape index (κ3) is 4.52. The highest BCUT2D eigenvalue weighted by molar-refractivity contribution is 7.17. The van der Waals surface area contributed by atoms with Gasteiger partial charge in [-0.2, -0.15) is 0 Å². The van der Waals surface area contributed by atoms with E-state index in [0.717, 1.165) is 30.2 Å². The van der Waals surface area contributed by atoms with E-state index in [1.165, 1.54) is 48.1 Å². The first-order chi connectivity index (χ1) is 12.2. The lowest BCUT2D eigenvalue weighted by atomic mass is 9.84. The molecule has 25 heavy (non-hydrogen) atoms. The zero-order valence-electron chi connectivity index (χ0n) is 15.5. The first-order valence-electron chi connectivity index (χ1n) is 9.64. The van der Waals surface area contributed by atoms with Crippen LogP contribution < -0.4 is 0 Å². The van der Waals surface area contributed by atoms with Crippen LogP contribution in [0.5, 0.6) is 0 Å². The van der Waals surface area contributed by atoms with Crippen LogP contribution in [-0.2, 0) is 0 Å². The Morgan fingerprint density at radius 3 is 2.48 bits per heavy atom. The van der Waals surface area contributed by atoms with Gasteiger partial charge in [0.05, 0.1) is 4.88 Å². The number of benzene rings is 1. The molecule has 2 aromatic rings. The number of carbonyl (C=O) groups excluding carboxylic acids is 1. The van der Waals surface area contributed by atoms with E-state index in [-0.39, 0.29) is 5.91 Å². The lowest BCUT2D eigenvalue weighted by Gasteiger charge is -2.22. The molecule has 0 bridgehead atoms. The summed E-state index contributed by atoms with van der Waals surface area (Å²) in [5.74, 6) is 0.888. The Balaban J connectivity index is 1.68. The standard InChI is InChI=1S/C22H29NOS/c1-3-4-16-23(2)22(24)21-15-14-20(25-21)19-12-10-18(11-13-19)17-8-6-5-7-9-17/h10-15,17H,3-9,16H2,1-2H3. The van der Waals surface area contributed by atoms with Gasteiger partial charge in [0.2, 0.25) is 0 Å². The van der Waals surface area contributed by atoms with Crippen molar-refractivity contribution < 1.29 is 4.79 Å². The van der Waals surface area contributed by atoms with Gasteiger partial charge in [-0.25, -0.2) is 0 Å². The van der Waals surface area contributed by atoms with Gasteiger partial charge >= 0.3 is 0 Å². The molecule has 1 saturated carbocycles. The third-order valence-electron chi connectivity index (χ3n) is 5.28. The predicted molar refractivity (Wildman–Crippen MR) is 107 cm³/mol. The van der Waals surface area contributed by atoms with Crippen LogP contribution in [0.1, 0.15) is 73.0 Å². The number of amides is 1. The number of rotatable bonds is 6. The average Bonchev–Trinajstić information content (AvgIpc) is 3.16. The van der Waals surface area contributed by atoms with E-state index >= 15 is 0 Å². The number of hydrogen-bond acceptors (Lipinski definition) is 2. The van der Waals surface area contributed by atoms with Gasteiger partial charge < -0.3 is 4.90 Å². The summed E-state index contributed by atoms with van der Waals surface area (Å²) < 4.78 is 0. The Kier molecular flexibility index (Phi) is 6.30. The summed E-state index contributed by atoms with van der Waals surface area (Å²) in [6.07, 6.45) is 8.97. The summed E-state index contributed by atoms with van der Waals surface area (Å²) in [6, 6.07) is 13.1. The SMILES string of the molecule is CCCCN(C)C(=O)c1ccc(-c2ccc(C3CCCCC3)cc2)s1.